The van der Waals surface area contributed by atoms with Crippen LogP contribution in [0.25, 0.3) is 6.08 Å². The highest BCUT2D eigenvalue weighted by molar-refractivity contribution is 6.33. The minimum Gasteiger partial charge on any atom is -0.480 e. The molecule has 150 valence electrons. The maximum atomic E-state index is 12.5. The predicted molar refractivity (Wildman–Crippen MR) is 113 cm³/mol. The molecule has 0 saturated heterocycles. The Bertz CT molecular complexity index is 1130. The highest BCUT2D eigenvalue weighted by atomic mass is 16.4. The second-order valence-electron chi connectivity index (χ2n) is 7.35. The second kappa shape index (κ2) is 7.84. The summed E-state index contributed by atoms with van der Waals surface area (Å²) in [7, 11) is 0. The van der Waals surface area contributed by atoms with Gasteiger partial charge in [0.2, 0.25) is 0 Å². The number of aryl methyl sites for hydroxylation is 2. The Balaban J connectivity index is 1.65. The molecule has 30 heavy (non-hydrogen) atoms. The third kappa shape index (κ3) is 3.67. The highest BCUT2D eigenvalue weighted by Gasteiger charge is 2.31. The van der Waals surface area contributed by atoms with Crippen LogP contribution in [-0.2, 0) is 16.0 Å². The molecule has 0 atom stereocenters. The predicted octanol–water partition coefficient (Wildman–Crippen LogP) is 3.27. The first-order chi connectivity index (χ1) is 14.5. The molecule has 2 aliphatic heterocycles. The standard InChI is InChI=1S/C23H20N4O3/c1-15-4-7-18(8-5-15)26-10-2-3-17-11-16(6-9-21(17)26)12-19-20(13-24)25-27(23(19)30)14-22(28)29/h4-9,11-12H,2-3,10,14H2,1H3,(H,28,29)/b19-12-. The molecule has 1 amide bonds. The van der Waals surface area contributed by atoms with Gasteiger partial charge in [0, 0.05) is 17.9 Å². The lowest BCUT2D eigenvalue weighted by Gasteiger charge is -2.31. The molecule has 0 spiro atoms. The van der Waals surface area contributed by atoms with Gasteiger partial charge in [-0.1, -0.05) is 23.8 Å². The molecule has 2 aliphatic rings. The Morgan fingerprint density at radius 3 is 2.73 bits per heavy atom. The lowest BCUT2D eigenvalue weighted by Crippen LogP contribution is -2.28. The van der Waals surface area contributed by atoms with Gasteiger partial charge in [0.05, 0.1) is 5.57 Å². The monoisotopic (exact) mass is 400 g/mol. The number of carboxylic acid groups (broad SMARTS) is 1. The summed E-state index contributed by atoms with van der Waals surface area (Å²) < 4.78 is 0. The minimum absolute atomic E-state index is 0.0692. The first kappa shape index (κ1) is 19.4. The number of rotatable bonds is 4. The third-order valence-corrected chi connectivity index (χ3v) is 5.21. The van der Waals surface area contributed by atoms with Crippen molar-refractivity contribution in [3.05, 3.63) is 64.7 Å². The van der Waals surface area contributed by atoms with Crippen LogP contribution in [0.1, 0.15) is 23.1 Å². The summed E-state index contributed by atoms with van der Waals surface area (Å²) >= 11 is 0. The first-order valence-electron chi connectivity index (χ1n) is 9.68. The number of hydrazone groups is 1. The van der Waals surface area contributed by atoms with Crippen LogP contribution in [0.5, 0.6) is 0 Å². The van der Waals surface area contributed by atoms with Crippen LogP contribution in [-0.4, -0.2) is 40.8 Å². The number of fused-ring (bicyclic) bond motifs is 1. The highest BCUT2D eigenvalue weighted by Crippen LogP contribution is 2.34. The van der Waals surface area contributed by atoms with Crippen molar-refractivity contribution in [1.29, 1.82) is 5.26 Å². The molecule has 0 unspecified atom stereocenters. The van der Waals surface area contributed by atoms with Crippen molar-refractivity contribution in [3.8, 4) is 6.07 Å². The molecular weight excluding hydrogens is 380 g/mol. The number of nitriles is 1. The fourth-order valence-electron chi connectivity index (χ4n) is 3.77. The van der Waals surface area contributed by atoms with Crippen LogP contribution in [0, 0.1) is 18.3 Å². The fraction of sp³-hybridized carbons (Fsp3) is 0.217. The van der Waals surface area contributed by atoms with E-state index >= 15 is 0 Å². The molecule has 1 N–H and O–H groups in total. The van der Waals surface area contributed by atoms with E-state index < -0.39 is 18.4 Å². The van der Waals surface area contributed by atoms with Crippen molar-refractivity contribution in [2.24, 2.45) is 5.10 Å². The molecule has 7 nitrogen and oxygen atoms in total. The van der Waals surface area contributed by atoms with Gasteiger partial charge < -0.3 is 10.0 Å². The number of aliphatic carboxylic acids is 1. The van der Waals surface area contributed by atoms with E-state index in [1.807, 2.05) is 24.3 Å². The van der Waals surface area contributed by atoms with Gasteiger partial charge in [0.15, 0.2) is 5.71 Å². The summed E-state index contributed by atoms with van der Waals surface area (Å²) in [4.78, 5) is 25.7. The Labute approximate surface area is 174 Å². The fourth-order valence-corrected chi connectivity index (χ4v) is 3.77. The first-order valence-corrected chi connectivity index (χ1v) is 9.68. The Morgan fingerprint density at radius 1 is 1.27 bits per heavy atom. The molecule has 2 heterocycles. The van der Waals surface area contributed by atoms with Crippen molar-refractivity contribution >= 4 is 35.0 Å². The Hall–Kier alpha value is -3.92. The van der Waals surface area contributed by atoms with E-state index in [0.717, 1.165) is 41.3 Å². The second-order valence-corrected chi connectivity index (χ2v) is 7.35. The average Bonchev–Trinajstić information content (AvgIpc) is 3.02. The molecule has 2 aromatic carbocycles. The van der Waals surface area contributed by atoms with E-state index in [1.54, 1.807) is 6.08 Å². The number of anilines is 2. The molecule has 2 aromatic rings. The molecule has 0 aromatic heterocycles. The maximum Gasteiger partial charge on any atom is 0.325 e. The van der Waals surface area contributed by atoms with E-state index in [2.05, 4.69) is 41.2 Å². The van der Waals surface area contributed by atoms with Crippen LogP contribution >= 0.6 is 0 Å². The maximum absolute atomic E-state index is 12.5. The van der Waals surface area contributed by atoms with Crippen LogP contribution in [0.4, 0.5) is 11.4 Å². The molecule has 0 fully saturated rings. The van der Waals surface area contributed by atoms with Gasteiger partial charge in [-0.15, -0.1) is 0 Å². The number of hydrogen-bond acceptors (Lipinski definition) is 5. The summed E-state index contributed by atoms with van der Waals surface area (Å²) in [5.41, 5.74) is 5.48. The van der Waals surface area contributed by atoms with Crippen LogP contribution in [0.3, 0.4) is 0 Å². The zero-order chi connectivity index (χ0) is 21.3. The number of carboxylic acids is 1. The van der Waals surface area contributed by atoms with Gasteiger partial charge in [-0.25, -0.2) is 5.01 Å². The van der Waals surface area contributed by atoms with Gasteiger partial charge in [0.1, 0.15) is 12.6 Å². The topological polar surface area (TPSA) is 97.0 Å². The summed E-state index contributed by atoms with van der Waals surface area (Å²) in [6.45, 7) is 2.43. The largest absolute Gasteiger partial charge is 0.480 e. The summed E-state index contributed by atoms with van der Waals surface area (Å²) in [6.07, 6.45) is 3.54. The third-order valence-electron chi connectivity index (χ3n) is 5.21. The van der Waals surface area contributed by atoms with Gasteiger partial charge >= 0.3 is 5.97 Å². The summed E-state index contributed by atoms with van der Waals surface area (Å²) in [5.74, 6) is -1.76. The number of carbonyl (C=O) groups is 2. The number of benzene rings is 2. The Morgan fingerprint density at radius 2 is 2.03 bits per heavy atom. The molecular formula is C23H20N4O3. The number of carbonyl (C=O) groups excluding carboxylic acids is 1. The van der Waals surface area contributed by atoms with Crippen molar-refractivity contribution in [1.82, 2.24) is 5.01 Å². The molecule has 7 heteroatoms. The lowest BCUT2D eigenvalue weighted by atomic mass is 9.97. The zero-order valence-electron chi connectivity index (χ0n) is 16.5. The average molecular weight is 400 g/mol. The molecule has 0 aliphatic carbocycles. The smallest absolute Gasteiger partial charge is 0.325 e. The normalized spacial score (nSPS) is 17.0. The molecule has 0 saturated carbocycles. The Kier molecular flexibility index (Phi) is 5.07. The molecule has 0 radical (unpaired) electrons. The molecule has 0 bridgehead atoms. The van der Waals surface area contributed by atoms with Gasteiger partial charge in [-0.2, -0.15) is 10.4 Å². The summed E-state index contributed by atoms with van der Waals surface area (Å²) in [6, 6.07) is 16.3. The lowest BCUT2D eigenvalue weighted by molar-refractivity contribution is -0.142. The van der Waals surface area contributed by atoms with E-state index in [9.17, 15) is 14.9 Å². The van der Waals surface area contributed by atoms with Crippen molar-refractivity contribution in [2.75, 3.05) is 18.0 Å². The SMILES string of the molecule is Cc1ccc(N2CCCc3cc(/C=C4\C(=O)N(CC(=O)O)N=C4C#N)ccc32)cc1. The van der Waals surface area contributed by atoms with Crippen LogP contribution < -0.4 is 4.90 Å². The van der Waals surface area contributed by atoms with Crippen molar-refractivity contribution in [2.45, 2.75) is 19.8 Å². The van der Waals surface area contributed by atoms with E-state index in [1.165, 1.54) is 11.1 Å². The van der Waals surface area contributed by atoms with Gasteiger partial charge in [-0.05, 0) is 61.2 Å². The minimum atomic E-state index is -1.18. The van der Waals surface area contributed by atoms with Crippen LogP contribution in [0.15, 0.2) is 53.1 Å². The van der Waals surface area contributed by atoms with Gasteiger partial charge in [-0.3, -0.25) is 9.59 Å². The van der Waals surface area contributed by atoms with Gasteiger partial charge in [0.25, 0.3) is 5.91 Å². The number of nitrogens with zero attached hydrogens (tertiary/aromatic N) is 4. The molecule has 4 rings (SSSR count). The van der Waals surface area contributed by atoms with Crippen molar-refractivity contribution < 1.29 is 14.7 Å². The number of amides is 1. The zero-order valence-corrected chi connectivity index (χ0v) is 16.5. The van der Waals surface area contributed by atoms with Crippen LogP contribution in [0.2, 0.25) is 0 Å². The van der Waals surface area contributed by atoms with E-state index in [4.69, 9.17) is 5.11 Å². The number of hydrogen-bond donors (Lipinski definition) is 1. The van der Waals surface area contributed by atoms with E-state index in [-0.39, 0.29) is 11.3 Å². The van der Waals surface area contributed by atoms with E-state index in [0.29, 0.717) is 0 Å². The summed E-state index contributed by atoms with van der Waals surface area (Å²) in [5, 5.41) is 22.9. The van der Waals surface area contributed by atoms with Crippen molar-refractivity contribution in [3.63, 3.8) is 0 Å². The quantitative estimate of drug-likeness (QED) is 0.795.